The molecule has 100 valence electrons. The van der Waals surface area contributed by atoms with Crippen molar-refractivity contribution < 1.29 is 0 Å². The molecule has 1 N–H and O–H groups in total. The van der Waals surface area contributed by atoms with Crippen molar-refractivity contribution in [2.75, 3.05) is 5.32 Å². The molecule has 2 rings (SSSR count). The molecule has 1 nitrogen and oxygen atoms in total. The molecule has 0 heterocycles. The second-order valence-electron chi connectivity index (χ2n) is 5.19. The third kappa shape index (κ3) is 3.50. The molecule has 2 aromatic rings. The molecule has 19 heavy (non-hydrogen) atoms. The van der Waals surface area contributed by atoms with Crippen LogP contribution in [0.1, 0.15) is 35.2 Å². The molecule has 0 radical (unpaired) electrons. The first kappa shape index (κ1) is 14.4. The molecule has 0 saturated heterocycles. The molecule has 0 saturated carbocycles. The Morgan fingerprint density at radius 2 is 1.68 bits per heavy atom. The van der Waals surface area contributed by atoms with Gasteiger partial charge >= 0.3 is 0 Å². The summed E-state index contributed by atoms with van der Waals surface area (Å²) in [6.07, 6.45) is 0. The van der Waals surface area contributed by atoms with Gasteiger partial charge in [-0.25, -0.2) is 0 Å². The largest absolute Gasteiger partial charge is 0.378 e. The van der Waals surface area contributed by atoms with Gasteiger partial charge in [0.25, 0.3) is 0 Å². The first-order chi connectivity index (χ1) is 8.97. The first-order valence-corrected chi connectivity index (χ1v) is 7.65. The maximum absolute atomic E-state index is 3.61. The van der Waals surface area contributed by atoms with E-state index in [9.17, 15) is 0 Å². The summed E-state index contributed by atoms with van der Waals surface area (Å²) in [5.74, 6) is 0. The Labute approximate surface area is 129 Å². The summed E-state index contributed by atoms with van der Waals surface area (Å²) in [5.41, 5.74) is 6.54. The molecule has 0 fully saturated rings. The van der Waals surface area contributed by atoms with Crippen LogP contribution in [0.3, 0.4) is 0 Å². The molecule has 0 bridgehead atoms. The second-order valence-corrected chi connectivity index (χ2v) is 6.43. The Morgan fingerprint density at radius 1 is 0.947 bits per heavy atom. The Balaban J connectivity index is 2.23. The smallest absolute Gasteiger partial charge is 0.0488 e. The van der Waals surface area contributed by atoms with E-state index in [2.05, 4.69) is 92.0 Å². The van der Waals surface area contributed by atoms with E-state index in [1.54, 1.807) is 0 Å². The first-order valence-electron chi connectivity index (χ1n) is 6.57. The molecule has 0 aliphatic heterocycles. The topological polar surface area (TPSA) is 12.0 Å². The number of hydrogen-bond acceptors (Lipinski definition) is 1. The van der Waals surface area contributed by atoms with Crippen LogP contribution in [0.5, 0.6) is 0 Å². The maximum Gasteiger partial charge on any atom is 0.0488 e. The fourth-order valence-electron chi connectivity index (χ4n) is 2.41. The molecule has 0 aromatic heterocycles. The van der Waals surface area contributed by atoms with Gasteiger partial charge in [-0.2, -0.15) is 0 Å². The van der Waals surface area contributed by atoms with E-state index >= 15 is 0 Å². The lowest BCUT2D eigenvalue weighted by Crippen LogP contribution is -2.09. The highest BCUT2D eigenvalue weighted by atomic mass is 127. The minimum absolute atomic E-state index is 0.319. The summed E-state index contributed by atoms with van der Waals surface area (Å²) in [5, 5.41) is 3.61. The zero-order valence-electron chi connectivity index (χ0n) is 11.9. The summed E-state index contributed by atoms with van der Waals surface area (Å²) in [7, 11) is 0. The molecule has 2 heteroatoms. The molecule has 1 atom stereocenters. The lowest BCUT2D eigenvalue weighted by Gasteiger charge is -2.20. The van der Waals surface area contributed by atoms with Crippen molar-refractivity contribution in [3.63, 3.8) is 0 Å². The number of anilines is 1. The maximum atomic E-state index is 3.61. The van der Waals surface area contributed by atoms with Crippen LogP contribution in [0.15, 0.2) is 36.4 Å². The van der Waals surface area contributed by atoms with Crippen molar-refractivity contribution in [1.29, 1.82) is 0 Å². The van der Waals surface area contributed by atoms with Crippen LogP contribution >= 0.6 is 22.6 Å². The van der Waals surface area contributed by atoms with Crippen LogP contribution in [-0.2, 0) is 0 Å². The van der Waals surface area contributed by atoms with Gasteiger partial charge in [0.1, 0.15) is 0 Å². The van der Waals surface area contributed by atoms with Gasteiger partial charge in [-0.1, -0.05) is 23.8 Å². The van der Waals surface area contributed by atoms with Crippen LogP contribution in [0.4, 0.5) is 5.69 Å². The SMILES string of the molecule is Cc1ccc(C(C)Nc2ccc(I)cc2C)c(C)c1. The van der Waals surface area contributed by atoms with Gasteiger partial charge in [0.05, 0.1) is 0 Å². The van der Waals surface area contributed by atoms with Crippen LogP contribution in [0.25, 0.3) is 0 Å². The quantitative estimate of drug-likeness (QED) is 0.720. The zero-order valence-corrected chi connectivity index (χ0v) is 14.1. The molecule has 0 aliphatic carbocycles. The van der Waals surface area contributed by atoms with Crippen LogP contribution < -0.4 is 5.32 Å². The Hall–Kier alpha value is -1.03. The van der Waals surface area contributed by atoms with Crippen molar-refractivity contribution in [1.82, 2.24) is 0 Å². The van der Waals surface area contributed by atoms with E-state index in [1.165, 1.54) is 31.5 Å². The van der Waals surface area contributed by atoms with Crippen molar-refractivity contribution in [3.05, 3.63) is 62.2 Å². The molecular formula is C17H20IN. The van der Waals surface area contributed by atoms with E-state index in [1.807, 2.05) is 0 Å². The molecule has 2 aromatic carbocycles. The van der Waals surface area contributed by atoms with Crippen LogP contribution in [0, 0.1) is 24.3 Å². The number of hydrogen-bond donors (Lipinski definition) is 1. The van der Waals surface area contributed by atoms with Gasteiger partial charge in [-0.15, -0.1) is 0 Å². The molecule has 1 unspecified atom stereocenters. The number of aryl methyl sites for hydroxylation is 3. The van der Waals surface area contributed by atoms with E-state index in [0.717, 1.165) is 0 Å². The van der Waals surface area contributed by atoms with Gasteiger partial charge in [-0.3, -0.25) is 0 Å². The standard InChI is InChI=1S/C17H20IN/c1-11-5-7-16(12(2)9-11)14(4)19-17-8-6-15(18)10-13(17)3/h5-10,14,19H,1-4H3. The highest BCUT2D eigenvalue weighted by Crippen LogP contribution is 2.25. The normalized spacial score (nSPS) is 12.3. The fourth-order valence-corrected chi connectivity index (χ4v) is 3.06. The van der Waals surface area contributed by atoms with Crippen LogP contribution in [-0.4, -0.2) is 0 Å². The molecule has 0 amide bonds. The molecule has 0 aliphatic rings. The van der Waals surface area contributed by atoms with Gasteiger partial charge in [0.15, 0.2) is 0 Å². The van der Waals surface area contributed by atoms with Crippen molar-refractivity contribution >= 4 is 28.3 Å². The van der Waals surface area contributed by atoms with Crippen molar-refractivity contribution in [2.45, 2.75) is 33.7 Å². The predicted octanol–water partition coefficient (Wildman–Crippen LogP) is 5.39. The fraction of sp³-hybridized carbons (Fsp3) is 0.294. The highest BCUT2D eigenvalue weighted by molar-refractivity contribution is 14.1. The van der Waals surface area contributed by atoms with Crippen LogP contribution in [0.2, 0.25) is 0 Å². The monoisotopic (exact) mass is 365 g/mol. The summed E-state index contributed by atoms with van der Waals surface area (Å²) in [6, 6.07) is 13.5. The van der Waals surface area contributed by atoms with Gasteiger partial charge in [0, 0.05) is 15.3 Å². The Bertz CT molecular complexity index is 590. The molecule has 0 spiro atoms. The van der Waals surface area contributed by atoms with Gasteiger partial charge < -0.3 is 5.32 Å². The average Bonchev–Trinajstić information content (AvgIpc) is 2.32. The van der Waals surface area contributed by atoms with Gasteiger partial charge in [-0.05, 0) is 85.2 Å². The summed E-state index contributed by atoms with van der Waals surface area (Å²) in [4.78, 5) is 0. The summed E-state index contributed by atoms with van der Waals surface area (Å²) in [6.45, 7) is 8.69. The number of nitrogens with one attached hydrogen (secondary N) is 1. The number of halogens is 1. The summed E-state index contributed by atoms with van der Waals surface area (Å²) < 4.78 is 1.28. The predicted molar refractivity (Wildman–Crippen MR) is 91.8 cm³/mol. The van der Waals surface area contributed by atoms with E-state index in [0.29, 0.717) is 6.04 Å². The Morgan fingerprint density at radius 3 is 2.32 bits per heavy atom. The van der Waals surface area contributed by atoms with Crippen molar-refractivity contribution in [3.8, 4) is 0 Å². The van der Waals surface area contributed by atoms with E-state index in [4.69, 9.17) is 0 Å². The Kier molecular flexibility index (Phi) is 4.50. The minimum atomic E-state index is 0.319. The van der Waals surface area contributed by atoms with Crippen molar-refractivity contribution in [2.24, 2.45) is 0 Å². The second kappa shape index (κ2) is 5.95. The third-order valence-electron chi connectivity index (χ3n) is 3.45. The third-order valence-corrected chi connectivity index (χ3v) is 4.12. The lowest BCUT2D eigenvalue weighted by atomic mass is 10.00. The van der Waals surface area contributed by atoms with E-state index in [-0.39, 0.29) is 0 Å². The average molecular weight is 365 g/mol. The minimum Gasteiger partial charge on any atom is -0.378 e. The number of rotatable bonds is 3. The lowest BCUT2D eigenvalue weighted by molar-refractivity contribution is 0.871. The molecular weight excluding hydrogens is 345 g/mol. The number of benzene rings is 2. The summed E-state index contributed by atoms with van der Waals surface area (Å²) >= 11 is 2.35. The van der Waals surface area contributed by atoms with E-state index < -0.39 is 0 Å². The van der Waals surface area contributed by atoms with Gasteiger partial charge in [0.2, 0.25) is 0 Å². The highest BCUT2D eigenvalue weighted by Gasteiger charge is 2.09. The zero-order chi connectivity index (χ0) is 14.0.